The summed E-state index contributed by atoms with van der Waals surface area (Å²) in [5.41, 5.74) is 0. The molecule has 0 aromatic carbocycles. The normalized spacial score (nSPS) is 16.0. The molecular formula is C8H18I2N2. The first kappa shape index (κ1) is 13.4. The summed E-state index contributed by atoms with van der Waals surface area (Å²) in [6.45, 7) is 5.52. The van der Waals surface area contributed by atoms with Crippen molar-refractivity contribution in [3.8, 4) is 0 Å². The van der Waals surface area contributed by atoms with Crippen LogP contribution in [0, 0.1) is 0 Å². The van der Waals surface area contributed by atoms with Gasteiger partial charge in [0.15, 0.2) is 0 Å². The fraction of sp³-hybridized carbons (Fsp3) is 1.00. The van der Waals surface area contributed by atoms with Crippen LogP contribution in [-0.2, 0) is 0 Å². The Labute approximate surface area is 103 Å². The van der Waals surface area contributed by atoms with Crippen molar-refractivity contribution < 1.29 is 0 Å². The number of nitrogens with one attached hydrogen (secondary N) is 2. The second-order valence-electron chi connectivity index (χ2n) is 2.91. The quantitative estimate of drug-likeness (QED) is 0.392. The minimum absolute atomic E-state index is 0.582. The molecular weight excluding hydrogens is 378 g/mol. The predicted octanol–water partition coefficient (Wildman–Crippen LogP) is 2.16. The van der Waals surface area contributed by atoms with E-state index in [1.165, 1.54) is 10.8 Å². The zero-order chi connectivity index (χ0) is 9.40. The van der Waals surface area contributed by atoms with E-state index in [1.807, 2.05) is 0 Å². The van der Waals surface area contributed by atoms with E-state index >= 15 is 0 Å². The largest absolute Gasteiger partial charge is 0.312 e. The summed E-state index contributed by atoms with van der Waals surface area (Å²) in [6, 6.07) is 1.27. The third-order valence-corrected chi connectivity index (χ3v) is 3.32. The molecule has 2 unspecified atom stereocenters. The number of hydrogen-bond acceptors (Lipinski definition) is 2. The predicted molar refractivity (Wildman–Crippen MR) is 72.5 cm³/mol. The molecule has 4 heteroatoms. The van der Waals surface area contributed by atoms with Gasteiger partial charge >= 0.3 is 0 Å². The van der Waals surface area contributed by atoms with E-state index in [9.17, 15) is 0 Å². The smallest absolute Gasteiger partial charge is 0.0482 e. The highest BCUT2D eigenvalue weighted by Gasteiger charge is 2.05. The molecule has 0 bridgehead atoms. The van der Waals surface area contributed by atoms with Crippen LogP contribution in [0.4, 0.5) is 0 Å². The van der Waals surface area contributed by atoms with Crippen molar-refractivity contribution in [1.82, 2.24) is 10.6 Å². The Morgan fingerprint density at radius 1 is 1.25 bits per heavy atom. The Kier molecular flexibility index (Phi) is 9.99. The summed E-state index contributed by atoms with van der Waals surface area (Å²) in [6.07, 6.45) is 1.22. The molecule has 0 radical (unpaired) electrons. The minimum Gasteiger partial charge on any atom is -0.312 e. The average molecular weight is 396 g/mol. The number of rotatable bonds is 7. The first-order valence-electron chi connectivity index (χ1n) is 4.33. The van der Waals surface area contributed by atoms with Crippen molar-refractivity contribution in [3.63, 3.8) is 0 Å². The summed E-state index contributed by atoms with van der Waals surface area (Å²) in [5.74, 6) is 0. The van der Waals surface area contributed by atoms with Gasteiger partial charge in [0.2, 0.25) is 0 Å². The molecule has 74 valence electrons. The molecule has 0 saturated heterocycles. The third kappa shape index (κ3) is 6.85. The standard InChI is InChI=1S/C8H18I2N2/c1-3-8(4-9)11-5-7(2)12-6-10/h7-8,11-12H,3-6H2,1-2H3. The van der Waals surface area contributed by atoms with Gasteiger partial charge in [-0.2, -0.15) is 0 Å². The minimum atomic E-state index is 0.582. The molecule has 2 atom stereocenters. The summed E-state index contributed by atoms with van der Waals surface area (Å²) in [7, 11) is 0. The molecule has 12 heavy (non-hydrogen) atoms. The Hall–Kier alpha value is 1.38. The van der Waals surface area contributed by atoms with Gasteiger partial charge in [-0.05, 0) is 13.3 Å². The monoisotopic (exact) mass is 396 g/mol. The lowest BCUT2D eigenvalue weighted by atomic mass is 10.2. The van der Waals surface area contributed by atoms with E-state index in [4.69, 9.17) is 0 Å². The van der Waals surface area contributed by atoms with E-state index in [2.05, 4.69) is 69.7 Å². The fourth-order valence-electron chi connectivity index (χ4n) is 0.855. The molecule has 2 N–H and O–H groups in total. The molecule has 0 aromatic rings. The molecule has 0 amide bonds. The Balaban J connectivity index is 3.37. The summed E-state index contributed by atoms with van der Waals surface area (Å²) in [5, 5.41) is 6.90. The highest BCUT2D eigenvalue weighted by atomic mass is 127. The van der Waals surface area contributed by atoms with E-state index in [0.717, 1.165) is 11.1 Å². The fourth-order valence-corrected chi connectivity index (χ4v) is 2.54. The maximum Gasteiger partial charge on any atom is 0.0482 e. The molecule has 0 aliphatic heterocycles. The zero-order valence-corrected chi connectivity index (χ0v) is 12.1. The van der Waals surface area contributed by atoms with Gasteiger partial charge in [-0.15, -0.1) is 0 Å². The van der Waals surface area contributed by atoms with Crippen LogP contribution in [0.25, 0.3) is 0 Å². The lowest BCUT2D eigenvalue weighted by molar-refractivity contribution is 0.480. The van der Waals surface area contributed by atoms with Gasteiger partial charge in [-0.3, -0.25) is 0 Å². The molecule has 2 nitrogen and oxygen atoms in total. The molecule has 0 aromatic heterocycles. The topological polar surface area (TPSA) is 24.1 Å². The molecule has 0 fully saturated rings. The second-order valence-corrected chi connectivity index (χ2v) is 4.55. The van der Waals surface area contributed by atoms with Crippen LogP contribution in [0.5, 0.6) is 0 Å². The molecule has 0 aliphatic rings. The van der Waals surface area contributed by atoms with Crippen molar-refractivity contribution >= 4 is 45.2 Å². The summed E-state index contributed by atoms with van der Waals surface area (Å²) < 4.78 is 2.23. The molecule has 0 rings (SSSR count). The number of hydrogen-bond donors (Lipinski definition) is 2. The average Bonchev–Trinajstić information content (AvgIpc) is 2.07. The van der Waals surface area contributed by atoms with E-state index in [-0.39, 0.29) is 0 Å². The first-order valence-corrected chi connectivity index (χ1v) is 7.38. The van der Waals surface area contributed by atoms with Crippen molar-refractivity contribution in [2.75, 3.05) is 15.5 Å². The molecule has 0 saturated carbocycles. The van der Waals surface area contributed by atoms with Gasteiger partial charge in [-0.25, -0.2) is 0 Å². The highest BCUT2D eigenvalue weighted by molar-refractivity contribution is 14.1. The SMILES string of the molecule is CCC(CI)NCC(C)NCI. The van der Waals surface area contributed by atoms with Crippen LogP contribution in [0.15, 0.2) is 0 Å². The van der Waals surface area contributed by atoms with E-state index in [0.29, 0.717) is 12.1 Å². The number of alkyl halides is 2. The van der Waals surface area contributed by atoms with Crippen LogP contribution in [0.3, 0.4) is 0 Å². The zero-order valence-electron chi connectivity index (χ0n) is 7.74. The van der Waals surface area contributed by atoms with Crippen molar-refractivity contribution in [3.05, 3.63) is 0 Å². The van der Waals surface area contributed by atoms with Crippen LogP contribution in [0.1, 0.15) is 20.3 Å². The Bertz CT molecular complexity index is 97.1. The lowest BCUT2D eigenvalue weighted by Crippen LogP contribution is -2.40. The van der Waals surface area contributed by atoms with Gasteiger partial charge in [0, 0.05) is 27.6 Å². The maximum atomic E-state index is 3.53. The molecule has 0 heterocycles. The van der Waals surface area contributed by atoms with E-state index in [1.54, 1.807) is 0 Å². The van der Waals surface area contributed by atoms with Gasteiger partial charge < -0.3 is 10.6 Å². The highest BCUT2D eigenvalue weighted by Crippen LogP contribution is 1.96. The molecule has 0 aliphatic carbocycles. The Morgan fingerprint density at radius 2 is 1.92 bits per heavy atom. The van der Waals surface area contributed by atoms with Crippen LogP contribution in [0.2, 0.25) is 0 Å². The Morgan fingerprint density at radius 3 is 2.33 bits per heavy atom. The van der Waals surface area contributed by atoms with Gasteiger partial charge in [0.05, 0.1) is 0 Å². The summed E-state index contributed by atoms with van der Waals surface area (Å²) >= 11 is 4.77. The van der Waals surface area contributed by atoms with Crippen LogP contribution >= 0.6 is 45.2 Å². The molecule has 0 spiro atoms. The van der Waals surface area contributed by atoms with Gasteiger partial charge in [-0.1, -0.05) is 52.1 Å². The first-order chi connectivity index (χ1) is 5.74. The second kappa shape index (κ2) is 8.96. The number of halogens is 2. The van der Waals surface area contributed by atoms with Gasteiger partial charge in [0.25, 0.3) is 0 Å². The van der Waals surface area contributed by atoms with E-state index < -0.39 is 0 Å². The summed E-state index contributed by atoms with van der Waals surface area (Å²) in [4.78, 5) is 0. The lowest BCUT2D eigenvalue weighted by Gasteiger charge is -2.18. The van der Waals surface area contributed by atoms with Gasteiger partial charge in [0.1, 0.15) is 0 Å². The van der Waals surface area contributed by atoms with Crippen molar-refractivity contribution in [1.29, 1.82) is 0 Å². The third-order valence-electron chi connectivity index (χ3n) is 1.82. The van der Waals surface area contributed by atoms with Crippen molar-refractivity contribution in [2.45, 2.75) is 32.4 Å². The van der Waals surface area contributed by atoms with Crippen molar-refractivity contribution in [2.24, 2.45) is 0 Å². The maximum absolute atomic E-state index is 3.53. The van der Waals surface area contributed by atoms with Crippen LogP contribution < -0.4 is 10.6 Å². The van der Waals surface area contributed by atoms with Crippen LogP contribution in [-0.4, -0.2) is 27.6 Å².